The van der Waals surface area contributed by atoms with E-state index in [1.165, 1.54) is 24.6 Å². The van der Waals surface area contributed by atoms with Crippen LogP contribution in [0.3, 0.4) is 0 Å². The molecule has 0 bridgehead atoms. The average molecular weight is 438 g/mol. The molecule has 158 valence electrons. The zero-order valence-corrected chi connectivity index (χ0v) is 17.5. The molecule has 1 saturated heterocycles. The molecule has 31 heavy (non-hydrogen) atoms. The van der Waals surface area contributed by atoms with E-state index in [1.807, 2.05) is 18.3 Å². The van der Waals surface area contributed by atoms with Crippen molar-refractivity contribution in [3.63, 3.8) is 0 Å². The number of halogens is 2. The monoisotopic (exact) mass is 437 g/mol. The molecule has 0 radical (unpaired) electrons. The Morgan fingerprint density at radius 1 is 1.03 bits per heavy atom. The van der Waals surface area contributed by atoms with E-state index in [9.17, 15) is 9.18 Å². The summed E-state index contributed by atoms with van der Waals surface area (Å²) in [4.78, 5) is 25.6. The van der Waals surface area contributed by atoms with Crippen LogP contribution in [0.5, 0.6) is 0 Å². The molecule has 0 amide bonds. The Morgan fingerprint density at radius 2 is 1.87 bits per heavy atom. The molecule has 8 heteroatoms. The van der Waals surface area contributed by atoms with E-state index in [0.29, 0.717) is 16.5 Å². The van der Waals surface area contributed by atoms with Crippen molar-refractivity contribution in [3.8, 4) is 11.1 Å². The second-order valence-electron chi connectivity index (χ2n) is 7.67. The number of pyridine rings is 2. The molecule has 0 unspecified atom stereocenters. The van der Waals surface area contributed by atoms with Crippen molar-refractivity contribution < 1.29 is 4.39 Å². The van der Waals surface area contributed by atoms with E-state index in [-0.39, 0.29) is 16.7 Å². The van der Waals surface area contributed by atoms with Gasteiger partial charge in [-0.05, 0) is 55.7 Å². The molecular formula is C23H21ClFN5O. The highest BCUT2D eigenvalue weighted by molar-refractivity contribution is 6.30. The molecule has 1 aliphatic heterocycles. The summed E-state index contributed by atoms with van der Waals surface area (Å²) in [7, 11) is 0. The highest BCUT2D eigenvalue weighted by Gasteiger charge is 2.20. The van der Waals surface area contributed by atoms with E-state index in [2.05, 4.69) is 25.2 Å². The summed E-state index contributed by atoms with van der Waals surface area (Å²) < 4.78 is 14.6. The second kappa shape index (κ2) is 8.07. The van der Waals surface area contributed by atoms with Gasteiger partial charge in [0.15, 0.2) is 0 Å². The lowest BCUT2D eigenvalue weighted by molar-refractivity contribution is 0.573. The molecule has 6 nitrogen and oxygen atoms in total. The molecule has 4 aromatic rings. The molecule has 1 aromatic carbocycles. The molecule has 1 aliphatic rings. The van der Waals surface area contributed by atoms with Gasteiger partial charge in [0.2, 0.25) is 0 Å². The topological polar surface area (TPSA) is 76.8 Å². The van der Waals surface area contributed by atoms with E-state index in [0.717, 1.165) is 42.7 Å². The van der Waals surface area contributed by atoms with Gasteiger partial charge in [-0.1, -0.05) is 11.6 Å². The molecule has 0 spiro atoms. The number of piperidine rings is 1. The SMILES string of the molecule is O=c1[nH]c(N2CCCCC2)c(Nc2ccnc3[nH]ccc23)cc1-c1cc(Cl)ccc1F. The van der Waals surface area contributed by atoms with E-state index < -0.39 is 5.82 Å². The Kier molecular flexibility index (Phi) is 5.11. The minimum atomic E-state index is -0.497. The molecule has 3 aromatic heterocycles. The summed E-state index contributed by atoms with van der Waals surface area (Å²) >= 11 is 6.08. The van der Waals surface area contributed by atoms with Crippen molar-refractivity contribution in [3.05, 3.63) is 70.0 Å². The van der Waals surface area contributed by atoms with Gasteiger partial charge in [0.25, 0.3) is 5.56 Å². The smallest absolute Gasteiger partial charge is 0.257 e. The van der Waals surface area contributed by atoms with Crippen LogP contribution in [0.25, 0.3) is 22.2 Å². The van der Waals surface area contributed by atoms with E-state index in [1.54, 1.807) is 12.3 Å². The summed E-state index contributed by atoms with van der Waals surface area (Å²) in [6.07, 6.45) is 6.83. The number of aromatic nitrogens is 3. The number of hydrogen-bond acceptors (Lipinski definition) is 4. The lowest BCUT2D eigenvalue weighted by Crippen LogP contribution is -2.32. The van der Waals surface area contributed by atoms with Gasteiger partial charge in [-0.15, -0.1) is 0 Å². The Morgan fingerprint density at radius 3 is 2.71 bits per heavy atom. The first-order chi connectivity index (χ1) is 15.1. The zero-order valence-electron chi connectivity index (χ0n) is 16.7. The van der Waals surface area contributed by atoms with Gasteiger partial charge in [0.1, 0.15) is 17.3 Å². The lowest BCUT2D eigenvalue weighted by atomic mass is 10.1. The molecule has 0 saturated carbocycles. The van der Waals surface area contributed by atoms with Crippen molar-refractivity contribution in [2.45, 2.75) is 19.3 Å². The number of nitrogens with one attached hydrogen (secondary N) is 3. The summed E-state index contributed by atoms with van der Waals surface area (Å²) in [5.74, 6) is 0.208. The molecule has 5 rings (SSSR count). The van der Waals surface area contributed by atoms with Crippen molar-refractivity contribution >= 4 is 39.8 Å². The normalized spacial score (nSPS) is 14.2. The number of rotatable bonds is 4. The van der Waals surface area contributed by atoms with Crippen LogP contribution in [0.15, 0.2) is 53.6 Å². The minimum absolute atomic E-state index is 0.170. The third-order valence-electron chi connectivity index (χ3n) is 5.64. The number of hydrogen-bond donors (Lipinski definition) is 3. The van der Waals surface area contributed by atoms with Gasteiger partial charge in [-0.2, -0.15) is 0 Å². The number of fused-ring (bicyclic) bond motifs is 1. The first-order valence-corrected chi connectivity index (χ1v) is 10.6. The van der Waals surface area contributed by atoms with Crippen LogP contribution < -0.4 is 15.8 Å². The quantitative estimate of drug-likeness (QED) is 0.397. The van der Waals surface area contributed by atoms with Crippen LogP contribution in [0.1, 0.15) is 19.3 Å². The predicted molar refractivity (Wildman–Crippen MR) is 123 cm³/mol. The maximum atomic E-state index is 14.6. The van der Waals surface area contributed by atoms with Gasteiger partial charge < -0.3 is 20.2 Å². The second-order valence-corrected chi connectivity index (χ2v) is 8.11. The number of anilines is 3. The van der Waals surface area contributed by atoms with E-state index >= 15 is 0 Å². The number of benzene rings is 1. The Bertz CT molecular complexity index is 1310. The van der Waals surface area contributed by atoms with Crippen LogP contribution in [0.4, 0.5) is 21.6 Å². The predicted octanol–water partition coefficient (Wildman–Crippen LogP) is 5.44. The number of nitrogens with zero attached hydrogens (tertiary/aromatic N) is 2. The Hall–Kier alpha value is -3.32. The average Bonchev–Trinajstić information content (AvgIpc) is 3.27. The summed E-state index contributed by atoms with van der Waals surface area (Å²) in [5.41, 5.74) is 2.34. The molecule has 0 aliphatic carbocycles. The van der Waals surface area contributed by atoms with Crippen molar-refractivity contribution in [1.29, 1.82) is 0 Å². The fourth-order valence-corrected chi connectivity index (χ4v) is 4.27. The largest absolute Gasteiger partial charge is 0.356 e. The Labute approximate surface area is 183 Å². The van der Waals surface area contributed by atoms with Crippen LogP contribution >= 0.6 is 11.6 Å². The first kappa shape index (κ1) is 19.6. The van der Waals surface area contributed by atoms with Crippen molar-refractivity contribution in [2.75, 3.05) is 23.3 Å². The summed E-state index contributed by atoms with van der Waals surface area (Å²) in [5, 5.41) is 4.74. The molecular weight excluding hydrogens is 417 g/mol. The zero-order chi connectivity index (χ0) is 21.4. The van der Waals surface area contributed by atoms with Gasteiger partial charge in [-0.3, -0.25) is 4.79 Å². The van der Waals surface area contributed by atoms with Gasteiger partial charge >= 0.3 is 0 Å². The van der Waals surface area contributed by atoms with Crippen LogP contribution in [0.2, 0.25) is 5.02 Å². The minimum Gasteiger partial charge on any atom is -0.356 e. The fourth-order valence-electron chi connectivity index (χ4n) is 4.10. The molecule has 4 heterocycles. The summed E-state index contributed by atoms with van der Waals surface area (Å²) in [6.45, 7) is 1.71. The van der Waals surface area contributed by atoms with Crippen LogP contribution in [-0.4, -0.2) is 28.0 Å². The lowest BCUT2D eigenvalue weighted by Gasteiger charge is -2.30. The highest BCUT2D eigenvalue weighted by Crippen LogP contribution is 2.34. The van der Waals surface area contributed by atoms with Gasteiger partial charge in [0, 0.05) is 41.5 Å². The summed E-state index contributed by atoms with van der Waals surface area (Å²) in [6, 6.07) is 9.73. The highest BCUT2D eigenvalue weighted by atomic mass is 35.5. The molecule has 1 fully saturated rings. The third-order valence-corrected chi connectivity index (χ3v) is 5.88. The van der Waals surface area contributed by atoms with Crippen LogP contribution in [-0.2, 0) is 0 Å². The standard InChI is InChI=1S/C23H21ClFN5O/c24-14-4-5-18(25)16(12-14)17-13-20(22(29-23(17)31)30-10-2-1-3-11-30)28-19-7-9-27-21-15(19)6-8-26-21/h4-9,12-13H,1-3,10-11H2,(H,29,31)(H2,26,27,28). The van der Waals surface area contributed by atoms with Crippen molar-refractivity contribution in [1.82, 2.24) is 15.0 Å². The maximum Gasteiger partial charge on any atom is 0.257 e. The van der Waals surface area contributed by atoms with Crippen LogP contribution in [0, 0.1) is 5.82 Å². The van der Waals surface area contributed by atoms with Gasteiger partial charge in [-0.25, -0.2) is 9.37 Å². The van der Waals surface area contributed by atoms with Gasteiger partial charge in [0.05, 0.1) is 16.9 Å². The Balaban J connectivity index is 1.67. The van der Waals surface area contributed by atoms with E-state index in [4.69, 9.17) is 11.6 Å². The number of aromatic amines is 2. The number of H-pyrrole nitrogens is 2. The third kappa shape index (κ3) is 3.77. The molecule has 3 N–H and O–H groups in total. The fraction of sp³-hybridized carbons (Fsp3) is 0.217. The van der Waals surface area contributed by atoms with Crippen molar-refractivity contribution in [2.24, 2.45) is 0 Å². The first-order valence-electron chi connectivity index (χ1n) is 10.3. The molecule has 0 atom stereocenters. The maximum absolute atomic E-state index is 14.6.